The van der Waals surface area contributed by atoms with E-state index in [1.165, 1.54) is 11.1 Å². The Balaban J connectivity index is 1.71. The SMILES string of the molecule is Cc1ccccc1[C@@H]1C[C@@H](C)N(C(=O)[C@H]2CCCNC2)C1. The van der Waals surface area contributed by atoms with Crippen molar-refractivity contribution in [3.8, 4) is 0 Å². The first kappa shape index (κ1) is 14.6. The summed E-state index contributed by atoms with van der Waals surface area (Å²) in [5.74, 6) is 1.06. The molecule has 1 aromatic carbocycles. The van der Waals surface area contributed by atoms with Crippen LogP contribution in [0.15, 0.2) is 24.3 Å². The van der Waals surface area contributed by atoms with Crippen LogP contribution in [-0.4, -0.2) is 36.5 Å². The minimum Gasteiger partial charge on any atom is -0.339 e. The third-order valence-electron chi connectivity index (χ3n) is 5.13. The molecular formula is C18H26N2O. The molecule has 2 aliphatic heterocycles. The Bertz CT molecular complexity index is 508. The quantitative estimate of drug-likeness (QED) is 0.906. The molecule has 1 aromatic rings. The molecule has 2 saturated heterocycles. The van der Waals surface area contributed by atoms with Crippen LogP contribution in [0.3, 0.4) is 0 Å². The molecule has 2 aliphatic rings. The van der Waals surface area contributed by atoms with Gasteiger partial charge in [-0.15, -0.1) is 0 Å². The summed E-state index contributed by atoms with van der Waals surface area (Å²) in [7, 11) is 0. The molecule has 0 unspecified atom stereocenters. The highest BCUT2D eigenvalue weighted by Gasteiger charge is 2.36. The first-order chi connectivity index (χ1) is 10.2. The van der Waals surface area contributed by atoms with Gasteiger partial charge in [-0.1, -0.05) is 24.3 Å². The molecule has 21 heavy (non-hydrogen) atoms. The number of carbonyl (C=O) groups excluding carboxylic acids is 1. The topological polar surface area (TPSA) is 32.3 Å². The van der Waals surface area contributed by atoms with Gasteiger partial charge < -0.3 is 10.2 Å². The van der Waals surface area contributed by atoms with Crippen molar-refractivity contribution >= 4 is 5.91 Å². The Hall–Kier alpha value is -1.35. The number of likely N-dealkylation sites (tertiary alicyclic amines) is 1. The lowest BCUT2D eigenvalue weighted by Gasteiger charge is -2.29. The fraction of sp³-hybridized carbons (Fsp3) is 0.611. The van der Waals surface area contributed by atoms with Crippen LogP contribution in [0.1, 0.15) is 43.2 Å². The molecule has 0 radical (unpaired) electrons. The minimum atomic E-state index is 0.192. The second-order valence-corrected chi connectivity index (χ2v) is 6.67. The highest BCUT2D eigenvalue weighted by Crippen LogP contribution is 2.34. The molecule has 0 spiro atoms. The van der Waals surface area contributed by atoms with Gasteiger partial charge in [0.05, 0.1) is 5.92 Å². The van der Waals surface area contributed by atoms with Crippen LogP contribution >= 0.6 is 0 Å². The predicted octanol–water partition coefficient (Wildman–Crippen LogP) is 2.70. The molecule has 1 N–H and O–H groups in total. The highest BCUT2D eigenvalue weighted by atomic mass is 16.2. The number of nitrogens with one attached hydrogen (secondary N) is 1. The Labute approximate surface area is 127 Å². The van der Waals surface area contributed by atoms with Gasteiger partial charge in [-0.2, -0.15) is 0 Å². The molecule has 2 fully saturated rings. The molecule has 3 nitrogen and oxygen atoms in total. The Kier molecular flexibility index (Phi) is 4.29. The normalized spacial score (nSPS) is 29.6. The molecule has 0 bridgehead atoms. The zero-order chi connectivity index (χ0) is 14.8. The molecule has 3 rings (SSSR count). The summed E-state index contributed by atoms with van der Waals surface area (Å²) < 4.78 is 0. The van der Waals surface area contributed by atoms with Gasteiger partial charge in [-0.3, -0.25) is 4.79 Å². The second kappa shape index (κ2) is 6.18. The standard InChI is InChI=1S/C18H26N2O/c1-13-6-3-4-8-17(13)16-10-14(2)20(12-16)18(21)15-7-5-9-19-11-15/h3-4,6,8,14-16,19H,5,7,9-12H2,1-2H3/t14-,15+,16-/m1/s1. The zero-order valence-electron chi connectivity index (χ0n) is 13.1. The van der Waals surface area contributed by atoms with E-state index in [0.717, 1.165) is 38.9 Å². The summed E-state index contributed by atoms with van der Waals surface area (Å²) in [5.41, 5.74) is 2.77. The van der Waals surface area contributed by atoms with Crippen LogP contribution in [0.2, 0.25) is 0 Å². The van der Waals surface area contributed by atoms with Crippen LogP contribution < -0.4 is 5.32 Å². The number of hydrogen-bond acceptors (Lipinski definition) is 2. The number of amides is 1. The first-order valence-corrected chi connectivity index (χ1v) is 8.23. The molecule has 0 aromatic heterocycles. The maximum Gasteiger partial charge on any atom is 0.227 e. The van der Waals surface area contributed by atoms with Gasteiger partial charge in [0.25, 0.3) is 0 Å². The smallest absolute Gasteiger partial charge is 0.227 e. The van der Waals surface area contributed by atoms with E-state index in [1.807, 2.05) is 0 Å². The van der Waals surface area contributed by atoms with Gasteiger partial charge in [0.2, 0.25) is 5.91 Å². The minimum absolute atomic E-state index is 0.192. The molecule has 0 aliphatic carbocycles. The maximum absolute atomic E-state index is 12.8. The lowest BCUT2D eigenvalue weighted by atomic mass is 9.93. The summed E-state index contributed by atoms with van der Waals surface area (Å²) in [5, 5.41) is 3.36. The zero-order valence-corrected chi connectivity index (χ0v) is 13.1. The number of hydrogen-bond donors (Lipinski definition) is 1. The monoisotopic (exact) mass is 286 g/mol. The number of carbonyl (C=O) groups is 1. The van der Waals surface area contributed by atoms with Crippen molar-refractivity contribution in [1.82, 2.24) is 10.2 Å². The van der Waals surface area contributed by atoms with Crippen LogP contribution in [0.25, 0.3) is 0 Å². The number of benzene rings is 1. The van der Waals surface area contributed by atoms with Crippen molar-refractivity contribution in [2.75, 3.05) is 19.6 Å². The fourth-order valence-electron chi connectivity index (χ4n) is 3.91. The van der Waals surface area contributed by atoms with Crippen molar-refractivity contribution < 1.29 is 4.79 Å². The van der Waals surface area contributed by atoms with Crippen molar-refractivity contribution in [3.63, 3.8) is 0 Å². The van der Waals surface area contributed by atoms with E-state index in [2.05, 4.69) is 48.3 Å². The lowest BCUT2D eigenvalue weighted by molar-refractivity contribution is -0.136. The fourth-order valence-corrected chi connectivity index (χ4v) is 3.91. The van der Waals surface area contributed by atoms with E-state index in [0.29, 0.717) is 17.9 Å². The first-order valence-electron chi connectivity index (χ1n) is 8.23. The van der Waals surface area contributed by atoms with Crippen molar-refractivity contribution in [2.24, 2.45) is 5.92 Å². The third kappa shape index (κ3) is 2.98. The Morgan fingerprint density at radius 1 is 1.33 bits per heavy atom. The summed E-state index contributed by atoms with van der Waals surface area (Å²) >= 11 is 0. The van der Waals surface area contributed by atoms with E-state index in [1.54, 1.807) is 0 Å². The van der Waals surface area contributed by atoms with Crippen molar-refractivity contribution in [1.29, 1.82) is 0 Å². The third-order valence-corrected chi connectivity index (χ3v) is 5.13. The van der Waals surface area contributed by atoms with Gasteiger partial charge in [0.1, 0.15) is 0 Å². The predicted molar refractivity (Wildman–Crippen MR) is 85.3 cm³/mol. The van der Waals surface area contributed by atoms with Crippen LogP contribution in [0, 0.1) is 12.8 Å². The van der Waals surface area contributed by atoms with E-state index >= 15 is 0 Å². The summed E-state index contributed by atoms with van der Waals surface area (Å²) in [6.45, 7) is 7.19. The van der Waals surface area contributed by atoms with Gasteiger partial charge in [0, 0.05) is 25.0 Å². The van der Waals surface area contributed by atoms with E-state index in [4.69, 9.17) is 0 Å². The van der Waals surface area contributed by atoms with Crippen molar-refractivity contribution in [3.05, 3.63) is 35.4 Å². The van der Waals surface area contributed by atoms with Gasteiger partial charge >= 0.3 is 0 Å². The average Bonchev–Trinajstić information content (AvgIpc) is 2.89. The molecule has 0 saturated carbocycles. The van der Waals surface area contributed by atoms with Gasteiger partial charge in [-0.25, -0.2) is 0 Å². The highest BCUT2D eigenvalue weighted by molar-refractivity contribution is 5.80. The average molecular weight is 286 g/mol. The molecule has 3 atom stereocenters. The number of aryl methyl sites for hydroxylation is 1. The van der Waals surface area contributed by atoms with Crippen LogP contribution in [-0.2, 0) is 4.79 Å². The van der Waals surface area contributed by atoms with Crippen LogP contribution in [0.5, 0.6) is 0 Å². The summed E-state index contributed by atoms with van der Waals surface area (Å²) in [4.78, 5) is 14.9. The Morgan fingerprint density at radius 2 is 2.14 bits per heavy atom. The lowest BCUT2D eigenvalue weighted by Crippen LogP contribution is -2.44. The number of nitrogens with zero attached hydrogens (tertiary/aromatic N) is 1. The number of piperidine rings is 1. The summed E-state index contributed by atoms with van der Waals surface area (Å²) in [6.07, 6.45) is 3.26. The van der Waals surface area contributed by atoms with E-state index in [9.17, 15) is 4.79 Å². The van der Waals surface area contributed by atoms with Crippen LogP contribution in [0.4, 0.5) is 0 Å². The van der Waals surface area contributed by atoms with Gasteiger partial charge in [-0.05, 0) is 50.8 Å². The molecule has 2 heterocycles. The van der Waals surface area contributed by atoms with E-state index < -0.39 is 0 Å². The molecule has 114 valence electrons. The van der Waals surface area contributed by atoms with Gasteiger partial charge in [0.15, 0.2) is 0 Å². The van der Waals surface area contributed by atoms with Crippen molar-refractivity contribution in [2.45, 2.75) is 45.1 Å². The molecule has 3 heteroatoms. The molecule has 1 amide bonds. The maximum atomic E-state index is 12.8. The summed E-state index contributed by atoms with van der Waals surface area (Å²) in [6, 6.07) is 8.97. The number of rotatable bonds is 2. The Morgan fingerprint density at radius 3 is 2.86 bits per heavy atom. The second-order valence-electron chi connectivity index (χ2n) is 6.67. The largest absolute Gasteiger partial charge is 0.339 e. The van der Waals surface area contributed by atoms with E-state index in [-0.39, 0.29) is 5.92 Å². The molecular weight excluding hydrogens is 260 g/mol.